The summed E-state index contributed by atoms with van der Waals surface area (Å²) in [4.78, 5) is 15.9. The molecule has 3 N–H and O–H groups in total. The van der Waals surface area contributed by atoms with Gasteiger partial charge in [0.2, 0.25) is 0 Å². The number of hydrogen-bond donors (Lipinski definition) is 3. The number of ether oxygens (including phenoxy) is 1. The van der Waals surface area contributed by atoms with Crippen LogP contribution in [0.4, 0.5) is 4.79 Å². The van der Waals surface area contributed by atoms with Crippen LogP contribution in [0.15, 0.2) is 11.1 Å². The SMILES string of the molecule is CCOC(=O)NC(CNC(=NC)NCCCn1nc(C)cc1C)C1CC1. The maximum atomic E-state index is 11.7. The molecular weight excluding hydrogens is 332 g/mol. The number of amides is 1. The van der Waals surface area contributed by atoms with Crippen molar-refractivity contribution in [2.75, 3.05) is 26.7 Å². The molecule has 1 amide bonds. The number of aliphatic imine (C=N–C) groups is 1. The van der Waals surface area contributed by atoms with Crippen molar-refractivity contribution < 1.29 is 9.53 Å². The number of alkyl carbamates (subject to hydrolysis) is 1. The number of carbonyl (C=O) groups is 1. The van der Waals surface area contributed by atoms with E-state index in [0.29, 0.717) is 19.1 Å². The van der Waals surface area contributed by atoms with E-state index in [9.17, 15) is 4.79 Å². The number of aromatic nitrogens is 2. The molecule has 0 aromatic carbocycles. The first-order valence-electron chi connectivity index (χ1n) is 9.42. The number of carbonyl (C=O) groups excluding carboxylic acids is 1. The van der Waals surface area contributed by atoms with Gasteiger partial charge in [-0.3, -0.25) is 9.67 Å². The van der Waals surface area contributed by atoms with Crippen LogP contribution in [0, 0.1) is 19.8 Å². The van der Waals surface area contributed by atoms with Gasteiger partial charge in [0.15, 0.2) is 5.96 Å². The third-order valence-corrected chi connectivity index (χ3v) is 4.43. The van der Waals surface area contributed by atoms with E-state index in [1.807, 2.05) is 18.5 Å². The molecular formula is C18H32N6O2. The number of nitrogens with zero attached hydrogens (tertiary/aromatic N) is 3. The number of hydrogen-bond acceptors (Lipinski definition) is 4. The van der Waals surface area contributed by atoms with Gasteiger partial charge in [-0.2, -0.15) is 5.10 Å². The van der Waals surface area contributed by atoms with Crippen molar-refractivity contribution in [3.8, 4) is 0 Å². The number of aryl methyl sites for hydroxylation is 3. The van der Waals surface area contributed by atoms with Crippen molar-refractivity contribution in [2.24, 2.45) is 10.9 Å². The van der Waals surface area contributed by atoms with E-state index in [4.69, 9.17) is 4.74 Å². The lowest BCUT2D eigenvalue weighted by Gasteiger charge is -2.20. The summed E-state index contributed by atoms with van der Waals surface area (Å²) >= 11 is 0. The van der Waals surface area contributed by atoms with Crippen LogP contribution in [0.1, 0.15) is 37.6 Å². The average molecular weight is 364 g/mol. The summed E-state index contributed by atoms with van der Waals surface area (Å²) in [7, 11) is 1.75. The molecule has 2 rings (SSSR count). The largest absolute Gasteiger partial charge is 0.450 e. The predicted molar refractivity (Wildman–Crippen MR) is 102 cm³/mol. The van der Waals surface area contributed by atoms with Crippen LogP contribution in [0.25, 0.3) is 0 Å². The molecule has 0 aliphatic heterocycles. The zero-order valence-corrected chi connectivity index (χ0v) is 16.3. The Hall–Kier alpha value is -2.25. The Kier molecular flexibility index (Phi) is 7.74. The highest BCUT2D eigenvalue weighted by Gasteiger charge is 2.32. The molecule has 26 heavy (non-hydrogen) atoms. The van der Waals surface area contributed by atoms with Crippen LogP contribution in [0.3, 0.4) is 0 Å². The molecule has 0 spiro atoms. The van der Waals surface area contributed by atoms with E-state index in [1.165, 1.54) is 5.69 Å². The topological polar surface area (TPSA) is 92.6 Å². The summed E-state index contributed by atoms with van der Waals surface area (Å²) in [5, 5.41) is 14.0. The van der Waals surface area contributed by atoms with Crippen molar-refractivity contribution >= 4 is 12.1 Å². The first kappa shape index (κ1) is 20.1. The zero-order valence-electron chi connectivity index (χ0n) is 16.3. The van der Waals surface area contributed by atoms with Gasteiger partial charge < -0.3 is 20.7 Å². The number of nitrogens with one attached hydrogen (secondary N) is 3. The normalized spacial score (nSPS) is 15.5. The van der Waals surface area contributed by atoms with E-state index < -0.39 is 0 Å². The van der Waals surface area contributed by atoms with E-state index in [1.54, 1.807) is 7.05 Å². The Morgan fingerprint density at radius 1 is 1.42 bits per heavy atom. The van der Waals surface area contributed by atoms with Crippen LogP contribution in [0.2, 0.25) is 0 Å². The molecule has 146 valence electrons. The van der Waals surface area contributed by atoms with Gasteiger partial charge in [-0.05, 0) is 52.0 Å². The lowest BCUT2D eigenvalue weighted by molar-refractivity contribution is 0.146. The molecule has 0 bridgehead atoms. The van der Waals surface area contributed by atoms with Gasteiger partial charge in [-0.1, -0.05) is 0 Å². The molecule has 0 saturated heterocycles. The monoisotopic (exact) mass is 364 g/mol. The number of guanidine groups is 1. The third-order valence-electron chi connectivity index (χ3n) is 4.43. The second kappa shape index (κ2) is 10.0. The van der Waals surface area contributed by atoms with E-state index >= 15 is 0 Å². The van der Waals surface area contributed by atoms with E-state index in [0.717, 1.165) is 44.0 Å². The van der Waals surface area contributed by atoms with Gasteiger partial charge in [-0.15, -0.1) is 0 Å². The van der Waals surface area contributed by atoms with Crippen LogP contribution in [-0.4, -0.2) is 54.6 Å². The first-order valence-corrected chi connectivity index (χ1v) is 9.42. The highest BCUT2D eigenvalue weighted by molar-refractivity contribution is 5.79. The van der Waals surface area contributed by atoms with Gasteiger partial charge in [0.25, 0.3) is 0 Å². The first-order chi connectivity index (χ1) is 12.5. The summed E-state index contributed by atoms with van der Waals surface area (Å²) < 4.78 is 7.01. The van der Waals surface area contributed by atoms with Gasteiger partial charge in [-0.25, -0.2) is 4.79 Å². The summed E-state index contributed by atoms with van der Waals surface area (Å²) in [6.07, 6.45) is 2.90. The Morgan fingerprint density at radius 2 is 2.19 bits per heavy atom. The number of rotatable bonds is 9. The Morgan fingerprint density at radius 3 is 2.77 bits per heavy atom. The van der Waals surface area contributed by atoms with E-state index in [2.05, 4.69) is 39.0 Å². The summed E-state index contributed by atoms with van der Waals surface area (Å²) in [5.41, 5.74) is 2.23. The average Bonchev–Trinajstić information content (AvgIpc) is 3.39. The lowest BCUT2D eigenvalue weighted by atomic mass is 10.2. The fraction of sp³-hybridized carbons (Fsp3) is 0.722. The lowest BCUT2D eigenvalue weighted by Crippen LogP contribution is -2.48. The van der Waals surface area contributed by atoms with Crippen molar-refractivity contribution in [3.63, 3.8) is 0 Å². The maximum absolute atomic E-state index is 11.7. The molecule has 1 atom stereocenters. The fourth-order valence-corrected chi connectivity index (χ4v) is 2.92. The van der Waals surface area contributed by atoms with Gasteiger partial charge in [0.1, 0.15) is 0 Å². The Bertz CT molecular complexity index is 609. The Balaban J connectivity index is 1.69. The molecule has 1 fully saturated rings. The van der Waals surface area contributed by atoms with Crippen molar-refractivity contribution in [1.82, 2.24) is 25.7 Å². The smallest absolute Gasteiger partial charge is 0.407 e. The second-order valence-corrected chi connectivity index (χ2v) is 6.69. The third kappa shape index (κ3) is 6.57. The minimum absolute atomic E-state index is 0.0716. The molecule has 1 aromatic rings. The molecule has 1 heterocycles. The van der Waals surface area contributed by atoms with Crippen LogP contribution < -0.4 is 16.0 Å². The molecule has 8 nitrogen and oxygen atoms in total. The molecule has 8 heteroatoms. The van der Waals surface area contributed by atoms with Crippen molar-refractivity contribution in [2.45, 2.75) is 52.6 Å². The van der Waals surface area contributed by atoms with Crippen molar-refractivity contribution in [1.29, 1.82) is 0 Å². The summed E-state index contributed by atoms with van der Waals surface area (Å²) in [6, 6.07) is 2.16. The zero-order chi connectivity index (χ0) is 18.9. The molecule has 0 radical (unpaired) electrons. The molecule has 1 aliphatic rings. The minimum atomic E-state index is -0.348. The highest BCUT2D eigenvalue weighted by Crippen LogP contribution is 2.32. The van der Waals surface area contributed by atoms with Crippen molar-refractivity contribution in [3.05, 3.63) is 17.5 Å². The van der Waals surface area contributed by atoms with Crippen LogP contribution >= 0.6 is 0 Å². The second-order valence-electron chi connectivity index (χ2n) is 6.69. The molecule has 1 aliphatic carbocycles. The summed E-state index contributed by atoms with van der Waals surface area (Å²) in [5.74, 6) is 1.27. The standard InChI is InChI=1S/C18H32N6O2/c1-5-26-18(25)22-16(15-7-8-15)12-21-17(19-4)20-9-6-10-24-14(3)11-13(2)23-24/h11,15-16H,5-10,12H2,1-4H3,(H,22,25)(H2,19,20,21). The minimum Gasteiger partial charge on any atom is -0.450 e. The Labute approximate surface area is 155 Å². The van der Waals surface area contributed by atoms with Gasteiger partial charge >= 0.3 is 6.09 Å². The fourth-order valence-electron chi connectivity index (χ4n) is 2.92. The molecule has 1 saturated carbocycles. The van der Waals surface area contributed by atoms with Crippen LogP contribution in [0.5, 0.6) is 0 Å². The maximum Gasteiger partial charge on any atom is 0.407 e. The van der Waals surface area contributed by atoms with E-state index in [-0.39, 0.29) is 12.1 Å². The van der Waals surface area contributed by atoms with Gasteiger partial charge in [0.05, 0.1) is 18.3 Å². The highest BCUT2D eigenvalue weighted by atomic mass is 16.5. The molecule has 1 aromatic heterocycles. The van der Waals surface area contributed by atoms with Crippen LogP contribution in [-0.2, 0) is 11.3 Å². The molecule has 1 unspecified atom stereocenters. The quantitative estimate of drug-likeness (QED) is 0.351. The summed E-state index contributed by atoms with van der Waals surface area (Å²) in [6.45, 7) is 8.59. The predicted octanol–water partition coefficient (Wildman–Crippen LogP) is 1.58. The van der Waals surface area contributed by atoms with Gasteiger partial charge in [0, 0.05) is 32.4 Å².